The van der Waals surface area contributed by atoms with Gasteiger partial charge in [0.1, 0.15) is 17.8 Å². The predicted molar refractivity (Wildman–Crippen MR) is 94.1 cm³/mol. The van der Waals surface area contributed by atoms with Crippen LogP contribution in [0, 0.1) is 5.92 Å². The minimum absolute atomic E-state index is 0.144. The van der Waals surface area contributed by atoms with Gasteiger partial charge < -0.3 is 16.0 Å². The van der Waals surface area contributed by atoms with Crippen LogP contribution < -0.4 is 16.0 Å². The number of rotatable bonds is 6. The molecule has 0 unspecified atom stereocenters. The van der Waals surface area contributed by atoms with Gasteiger partial charge in [-0.3, -0.25) is 9.59 Å². The van der Waals surface area contributed by atoms with Crippen LogP contribution in [0.15, 0.2) is 36.7 Å². The Balaban J connectivity index is 2.01. The normalized spacial score (nSPS) is 10.3. The fourth-order valence-electron chi connectivity index (χ4n) is 1.92. The number of benzene rings is 1. The molecule has 2 amide bonds. The lowest BCUT2D eigenvalue weighted by Crippen LogP contribution is -2.15. The van der Waals surface area contributed by atoms with Crippen LogP contribution in [0.2, 0.25) is 0 Å². The topological polar surface area (TPSA) is 96.0 Å². The standard InChI is InChI=1S/C17H21N5O2/c1-11(2)9-18-16-8-15(19-10-20-16)17(24)22-14-6-4-13(5-7-14)21-12(3)23/h4-8,10-11H,9H2,1-3H3,(H,21,23)(H,22,24)(H,18,19,20). The van der Waals surface area contributed by atoms with Crippen molar-refractivity contribution in [2.45, 2.75) is 20.8 Å². The van der Waals surface area contributed by atoms with Gasteiger partial charge in [0.05, 0.1) is 0 Å². The Labute approximate surface area is 140 Å². The van der Waals surface area contributed by atoms with Gasteiger partial charge in [-0.1, -0.05) is 13.8 Å². The van der Waals surface area contributed by atoms with E-state index in [-0.39, 0.29) is 17.5 Å². The average Bonchev–Trinajstić information content (AvgIpc) is 2.54. The summed E-state index contributed by atoms with van der Waals surface area (Å²) in [5, 5.41) is 8.59. The van der Waals surface area contributed by atoms with E-state index >= 15 is 0 Å². The molecule has 1 aromatic carbocycles. The molecule has 3 N–H and O–H groups in total. The van der Waals surface area contributed by atoms with Crippen molar-refractivity contribution in [1.29, 1.82) is 0 Å². The second kappa shape index (κ2) is 8.05. The molecule has 0 aliphatic rings. The summed E-state index contributed by atoms with van der Waals surface area (Å²) in [6, 6.07) is 8.47. The van der Waals surface area contributed by atoms with Gasteiger partial charge in [0.15, 0.2) is 0 Å². The third kappa shape index (κ3) is 5.35. The lowest BCUT2D eigenvalue weighted by molar-refractivity contribution is -0.114. The molecule has 2 rings (SSSR count). The van der Waals surface area contributed by atoms with Crippen molar-refractivity contribution in [2.24, 2.45) is 5.92 Å². The molecule has 7 heteroatoms. The first-order valence-corrected chi connectivity index (χ1v) is 7.69. The zero-order chi connectivity index (χ0) is 17.5. The molecule has 0 saturated heterocycles. The van der Waals surface area contributed by atoms with Gasteiger partial charge in [-0.2, -0.15) is 0 Å². The molecule has 0 fully saturated rings. The molecule has 0 atom stereocenters. The highest BCUT2D eigenvalue weighted by Gasteiger charge is 2.09. The summed E-state index contributed by atoms with van der Waals surface area (Å²) in [6.07, 6.45) is 1.36. The van der Waals surface area contributed by atoms with Crippen molar-refractivity contribution >= 4 is 29.0 Å². The highest BCUT2D eigenvalue weighted by molar-refractivity contribution is 6.03. The van der Waals surface area contributed by atoms with Crippen molar-refractivity contribution in [3.05, 3.63) is 42.4 Å². The van der Waals surface area contributed by atoms with E-state index < -0.39 is 0 Å². The van der Waals surface area contributed by atoms with Gasteiger partial charge in [-0.25, -0.2) is 9.97 Å². The smallest absolute Gasteiger partial charge is 0.274 e. The summed E-state index contributed by atoms with van der Waals surface area (Å²) in [5.41, 5.74) is 1.56. The molecule has 1 aromatic heterocycles. The van der Waals surface area contributed by atoms with Crippen LogP contribution in [0.25, 0.3) is 0 Å². The largest absolute Gasteiger partial charge is 0.370 e. The third-order valence-corrected chi connectivity index (χ3v) is 3.05. The molecule has 0 radical (unpaired) electrons. The highest BCUT2D eigenvalue weighted by Crippen LogP contribution is 2.15. The lowest BCUT2D eigenvalue weighted by atomic mass is 10.2. The molecule has 2 aromatic rings. The fourth-order valence-corrected chi connectivity index (χ4v) is 1.92. The van der Waals surface area contributed by atoms with Gasteiger partial charge in [-0.05, 0) is 30.2 Å². The van der Waals surface area contributed by atoms with Gasteiger partial charge in [0.2, 0.25) is 5.91 Å². The molecule has 126 valence electrons. The summed E-state index contributed by atoms with van der Waals surface area (Å²) >= 11 is 0. The van der Waals surface area contributed by atoms with E-state index in [4.69, 9.17) is 0 Å². The Bertz CT molecular complexity index is 713. The Kier molecular flexibility index (Phi) is 5.83. The molecule has 0 bridgehead atoms. The highest BCUT2D eigenvalue weighted by atomic mass is 16.2. The summed E-state index contributed by atoms with van der Waals surface area (Å²) in [7, 11) is 0. The van der Waals surface area contributed by atoms with E-state index in [1.54, 1.807) is 30.3 Å². The van der Waals surface area contributed by atoms with Crippen LogP contribution in [0.3, 0.4) is 0 Å². The maximum atomic E-state index is 12.3. The molecule has 1 heterocycles. The van der Waals surface area contributed by atoms with Crippen molar-refractivity contribution in [2.75, 3.05) is 22.5 Å². The number of nitrogens with one attached hydrogen (secondary N) is 3. The van der Waals surface area contributed by atoms with E-state index in [2.05, 4.69) is 39.8 Å². The Morgan fingerprint density at radius 3 is 2.25 bits per heavy atom. The van der Waals surface area contributed by atoms with E-state index in [0.717, 1.165) is 6.54 Å². The quantitative estimate of drug-likeness (QED) is 0.758. The summed E-state index contributed by atoms with van der Waals surface area (Å²) in [6.45, 7) is 6.39. The van der Waals surface area contributed by atoms with Gasteiger partial charge >= 0.3 is 0 Å². The average molecular weight is 327 g/mol. The fraction of sp³-hybridized carbons (Fsp3) is 0.294. The molecule has 0 aliphatic carbocycles. The Hall–Kier alpha value is -2.96. The van der Waals surface area contributed by atoms with E-state index in [1.165, 1.54) is 13.3 Å². The number of carbonyl (C=O) groups is 2. The Morgan fingerprint density at radius 2 is 1.67 bits per heavy atom. The van der Waals surface area contributed by atoms with Crippen LogP contribution >= 0.6 is 0 Å². The van der Waals surface area contributed by atoms with Crippen LogP contribution in [-0.4, -0.2) is 28.3 Å². The number of amides is 2. The minimum atomic E-state index is -0.322. The first-order valence-electron chi connectivity index (χ1n) is 7.69. The zero-order valence-electron chi connectivity index (χ0n) is 14.0. The number of anilines is 3. The van der Waals surface area contributed by atoms with Crippen molar-refractivity contribution in [3.63, 3.8) is 0 Å². The molecular formula is C17H21N5O2. The first-order chi connectivity index (χ1) is 11.4. The number of hydrogen-bond acceptors (Lipinski definition) is 5. The molecule has 0 aliphatic heterocycles. The van der Waals surface area contributed by atoms with Crippen molar-refractivity contribution < 1.29 is 9.59 Å². The second-order valence-electron chi connectivity index (χ2n) is 5.78. The van der Waals surface area contributed by atoms with Crippen LogP contribution in [-0.2, 0) is 4.79 Å². The molecule has 0 saturated carbocycles. The van der Waals surface area contributed by atoms with Crippen LogP contribution in [0.5, 0.6) is 0 Å². The van der Waals surface area contributed by atoms with E-state index in [9.17, 15) is 9.59 Å². The van der Waals surface area contributed by atoms with Gasteiger partial charge in [-0.15, -0.1) is 0 Å². The summed E-state index contributed by atoms with van der Waals surface area (Å²) < 4.78 is 0. The maximum Gasteiger partial charge on any atom is 0.274 e. The third-order valence-electron chi connectivity index (χ3n) is 3.05. The van der Waals surface area contributed by atoms with E-state index in [0.29, 0.717) is 23.1 Å². The number of nitrogens with zero attached hydrogens (tertiary/aromatic N) is 2. The molecule has 0 spiro atoms. The molecular weight excluding hydrogens is 306 g/mol. The van der Waals surface area contributed by atoms with Crippen LogP contribution in [0.4, 0.5) is 17.2 Å². The van der Waals surface area contributed by atoms with Crippen molar-refractivity contribution in [3.8, 4) is 0 Å². The summed E-state index contributed by atoms with van der Waals surface area (Å²) in [4.78, 5) is 31.4. The van der Waals surface area contributed by atoms with Crippen LogP contribution in [0.1, 0.15) is 31.3 Å². The second-order valence-corrected chi connectivity index (χ2v) is 5.78. The SMILES string of the molecule is CC(=O)Nc1ccc(NC(=O)c2cc(NCC(C)C)ncn2)cc1. The van der Waals surface area contributed by atoms with Gasteiger partial charge in [0.25, 0.3) is 5.91 Å². The monoisotopic (exact) mass is 327 g/mol. The number of carbonyl (C=O) groups excluding carboxylic acids is 2. The Morgan fingerprint density at radius 1 is 1.04 bits per heavy atom. The van der Waals surface area contributed by atoms with E-state index in [1.807, 2.05) is 0 Å². The maximum absolute atomic E-state index is 12.3. The number of aromatic nitrogens is 2. The summed E-state index contributed by atoms with van der Waals surface area (Å²) in [5.74, 6) is 0.621. The molecule has 24 heavy (non-hydrogen) atoms. The lowest BCUT2D eigenvalue weighted by Gasteiger charge is -2.09. The van der Waals surface area contributed by atoms with Crippen molar-refractivity contribution in [1.82, 2.24) is 9.97 Å². The first kappa shape index (κ1) is 17.4. The predicted octanol–water partition coefficient (Wildman–Crippen LogP) is 2.76. The zero-order valence-corrected chi connectivity index (χ0v) is 14.0. The molecule has 7 nitrogen and oxygen atoms in total. The van der Waals surface area contributed by atoms with Gasteiger partial charge in [0, 0.05) is 30.9 Å². The minimum Gasteiger partial charge on any atom is -0.370 e. The number of hydrogen-bond donors (Lipinski definition) is 3.